The summed E-state index contributed by atoms with van der Waals surface area (Å²) in [5, 5.41) is 3.15. The fourth-order valence-corrected chi connectivity index (χ4v) is 4.58. The standard InChI is InChI=1S/C24H24F4N8O2/c1-23(2,25)18-20(37)36-8-4-5-15-17(36)19(35(18)3)34-22(33-15)32-10-13-6-7-16(29-9-13)38-14-11-30-21(31-12-14)24(26,27)28/h6-7,9,11-12,18H,4-5,8,10H2,1-3H3,(H,32,33,34)/t18-/m1/s1. The molecular weight excluding hydrogens is 508 g/mol. The van der Waals surface area contributed by atoms with Crippen molar-refractivity contribution in [2.75, 3.05) is 28.7 Å². The number of alkyl halides is 4. The largest absolute Gasteiger partial charge is 0.451 e. The number of carbonyl (C=O) groups is 1. The molecule has 0 fully saturated rings. The molecule has 0 spiro atoms. The first-order valence-corrected chi connectivity index (χ1v) is 11.8. The van der Waals surface area contributed by atoms with Gasteiger partial charge in [0.25, 0.3) is 5.91 Å². The van der Waals surface area contributed by atoms with Crippen LogP contribution in [0.1, 0.15) is 37.4 Å². The molecule has 0 aromatic carbocycles. The normalized spacial score (nSPS) is 17.3. The van der Waals surface area contributed by atoms with Crippen LogP contribution in [0.4, 0.5) is 35.0 Å². The summed E-state index contributed by atoms with van der Waals surface area (Å²) in [4.78, 5) is 36.1. The molecule has 0 saturated heterocycles. The Morgan fingerprint density at radius 3 is 2.45 bits per heavy atom. The maximum atomic E-state index is 15.0. The van der Waals surface area contributed by atoms with Crippen LogP contribution in [0.3, 0.4) is 0 Å². The van der Waals surface area contributed by atoms with Crippen LogP contribution >= 0.6 is 0 Å². The molecule has 3 aromatic heterocycles. The summed E-state index contributed by atoms with van der Waals surface area (Å²) in [6.07, 6.45) is 0.127. The summed E-state index contributed by atoms with van der Waals surface area (Å²) < 4.78 is 58.2. The molecule has 38 heavy (non-hydrogen) atoms. The molecule has 0 bridgehead atoms. The number of likely N-dealkylation sites (N-methyl/N-ethyl adjacent to an activating group) is 1. The highest BCUT2D eigenvalue weighted by Crippen LogP contribution is 2.42. The first-order valence-electron chi connectivity index (χ1n) is 11.8. The first-order chi connectivity index (χ1) is 17.9. The van der Waals surface area contributed by atoms with Gasteiger partial charge in [-0.1, -0.05) is 6.07 Å². The fourth-order valence-electron chi connectivity index (χ4n) is 4.58. The maximum Gasteiger partial charge on any atom is 0.451 e. The fraction of sp³-hybridized carbons (Fsp3) is 0.417. The number of hydrogen-bond acceptors (Lipinski definition) is 9. The van der Waals surface area contributed by atoms with Crippen LogP contribution in [0, 0.1) is 0 Å². The topological polar surface area (TPSA) is 109 Å². The predicted octanol–water partition coefficient (Wildman–Crippen LogP) is 3.93. The number of nitrogens with zero attached hydrogens (tertiary/aromatic N) is 7. The Hall–Kier alpha value is -4.10. The number of nitrogens with one attached hydrogen (secondary N) is 1. The van der Waals surface area contributed by atoms with Gasteiger partial charge in [0.2, 0.25) is 17.7 Å². The van der Waals surface area contributed by atoms with Gasteiger partial charge in [0.05, 0.1) is 18.1 Å². The average molecular weight is 533 g/mol. The molecule has 1 amide bonds. The van der Waals surface area contributed by atoms with E-state index in [0.717, 1.165) is 23.7 Å². The lowest BCUT2D eigenvalue weighted by Crippen LogP contribution is -2.60. The quantitative estimate of drug-likeness (QED) is 0.472. The molecule has 0 unspecified atom stereocenters. The van der Waals surface area contributed by atoms with Crippen LogP contribution in [0.2, 0.25) is 0 Å². The molecule has 200 valence electrons. The van der Waals surface area contributed by atoms with Crippen molar-refractivity contribution in [3.8, 4) is 11.6 Å². The van der Waals surface area contributed by atoms with E-state index in [2.05, 4.69) is 30.2 Å². The van der Waals surface area contributed by atoms with E-state index in [1.165, 1.54) is 20.0 Å². The molecule has 1 N–H and O–H groups in total. The van der Waals surface area contributed by atoms with E-state index in [1.54, 1.807) is 29.0 Å². The maximum absolute atomic E-state index is 15.0. The third kappa shape index (κ3) is 4.89. The van der Waals surface area contributed by atoms with Crippen molar-refractivity contribution >= 4 is 23.4 Å². The SMILES string of the molecule is CN1c2nc(NCc3ccc(Oc4cnc(C(F)(F)F)nc4)nc3)nc3c2N(CCC3)C(=O)[C@@H]1C(C)(C)F. The predicted molar refractivity (Wildman–Crippen MR) is 129 cm³/mol. The zero-order valence-electron chi connectivity index (χ0n) is 20.8. The Morgan fingerprint density at radius 1 is 1.08 bits per heavy atom. The third-order valence-electron chi connectivity index (χ3n) is 6.23. The van der Waals surface area contributed by atoms with E-state index in [1.807, 2.05) is 0 Å². The van der Waals surface area contributed by atoms with Gasteiger partial charge in [-0.3, -0.25) is 4.79 Å². The summed E-state index contributed by atoms with van der Waals surface area (Å²) in [5.41, 5.74) is 0.329. The van der Waals surface area contributed by atoms with Crippen LogP contribution in [-0.2, 0) is 23.9 Å². The Labute approximate surface area is 215 Å². The second kappa shape index (κ2) is 9.33. The molecule has 5 heterocycles. The van der Waals surface area contributed by atoms with Gasteiger partial charge in [0.1, 0.15) is 17.4 Å². The van der Waals surface area contributed by atoms with Gasteiger partial charge in [-0.2, -0.15) is 18.2 Å². The number of anilines is 3. The summed E-state index contributed by atoms with van der Waals surface area (Å²) in [5.74, 6) is -0.564. The highest BCUT2D eigenvalue weighted by atomic mass is 19.4. The Kier molecular flexibility index (Phi) is 6.27. The van der Waals surface area contributed by atoms with Gasteiger partial charge in [0, 0.05) is 32.4 Å². The van der Waals surface area contributed by atoms with Gasteiger partial charge < -0.3 is 19.9 Å². The lowest BCUT2D eigenvalue weighted by Gasteiger charge is -2.45. The molecule has 1 atom stereocenters. The van der Waals surface area contributed by atoms with Crippen molar-refractivity contribution in [1.29, 1.82) is 0 Å². The van der Waals surface area contributed by atoms with Gasteiger partial charge in [-0.25, -0.2) is 24.3 Å². The molecule has 0 saturated carbocycles. The van der Waals surface area contributed by atoms with Gasteiger partial charge >= 0.3 is 6.18 Å². The third-order valence-corrected chi connectivity index (χ3v) is 6.23. The Morgan fingerprint density at radius 2 is 1.82 bits per heavy atom. The van der Waals surface area contributed by atoms with Crippen LogP contribution in [0.15, 0.2) is 30.7 Å². The van der Waals surface area contributed by atoms with Crippen LogP contribution < -0.4 is 19.9 Å². The molecule has 2 aliphatic rings. The highest BCUT2D eigenvalue weighted by molar-refractivity contribution is 6.06. The van der Waals surface area contributed by atoms with E-state index >= 15 is 0 Å². The monoisotopic (exact) mass is 532 g/mol. The average Bonchev–Trinajstić information content (AvgIpc) is 2.85. The number of rotatable bonds is 6. The molecule has 2 aliphatic heterocycles. The minimum atomic E-state index is -4.64. The second-order valence-electron chi connectivity index (χ2n) is 9.54. The van der Waals surface area contributed by atoms with E-state index in [4.69, 9.17) is 4.74 Å². The molecule has 0 aliphatic carbocycles. The van der Waals surface area contributed by atoms with Crippen molar-refractivity contribution in [2.24, 2.45) is 0 Å². The number of ether oxygens (including phenoxy) is 1. The summed E-state index contributed by atoms with van der Waals surface area (Å²) in [6, 6.07) is 2.27. The van der Waals surface area contributed by atoms with Crippen LogP contribution in [-0.4, -0.2) is 56.1 Å². The number of pyridine rings is 1. The summed E-state index contributed by atoms with van der Waals surface area (Å²) >= 11 is 0. The number of hydrogen-bond donors (Lipinski definition) is 1. The zero-order valence-corrected chi connectivity index (χ0v) is 20.8. The van der Waals surface area contributed by atoms with Gasteiger partial charge in [-0.05, 0) is 32.3 Å². The molecule has 5 rings (SSSR count). The van der Waals surface area contributed by atoms with Gasteiger partial charge in [0.15, 0.2) is 11.6 Å². The van der Waals surface area contributed by atoms with Crippen molar-refractivity contribution < 1.29 is 27.1 Å². The number of halogens is 4. The number of amides is 1. The minimum Gasteiger partial charge on any atom is -0.436 e. The Balaban J connectivity index is 1.29. The molecular formula is C24H24F4N8O2. The van der Waals surface area contributed by atoms with Crippen LogP contribution in [0.25, 0.3) is 0 Å². The van der Waals surface area contributed by atoms with Crippen molar-refractivity contribution in [2.45, 2.75) is 51.1 Å². The summed E-state index contributed by atoms with van der Waals surface area (Å²) in [6.45, 7) is 3.56. The number of aryl methyl sites for hydroxylation is 1. The van der Waals surface area contributed by atoms with Crippen molar-refractivity contribution in [1.82, 2.24) is 24.9 Å². The minimum absolute atomic E-state index is 0.0132. The molecule has 14 heteroatoms. The van der Waals surface area contributed by atoms with Gasteiger partial charge in [-0.15, -0.1) is 0 Å². The summed E-state index contributed by atoms with van der Waals surface area (Å²) in [7, 11) is 1.66. The Bertz CT molecular complexity index is 1340. The van der Waals surface area contributed by atoms with E-state index in [9.17, 15) is 22.4 Å². The lowest BCUT2D eigenvalue weighted by molar-refractivity contribution is -0.145. The number of carbonyl (C=O) groups excluding carboxylic acids is 1. The molecule has 3 aromatic rings. The molecule has 10 nitrogen and oxygen atoms in total. The first kappa shape index (κ1) is 25.5. The lowest BCUT2D eigenvalue weighted by atomic mass is 9.93. The van der Waals surface area contributed by atoms with E-state index < -0.39 is 23.7 Å². The highest BCUT2D eigenvalue weighted by Gasteiger charge is 2.48. The van der Waals surface area contributed by atoms with E-state index in [-0.39, 0.29) is 17.5 Å². The zero-order chi connectivity index (χ0) is 27.2. The van der Waals surface area contributed by atoms with Crippen LogP contribution in [0.5, 0.6) is 11.6 Å². The molecule has 0 radical (unpaired) electrons. The second-order valence-corrected chi connectivity index (χ2v) is 9.54. The smallest absolute Gasteiger partial charge is 0.436 e. The number of aromatic nitrogens is 5. The van der Waals surface area contributed by atoms with Crippen molar-refractivity contribution in [3.05, 3.63) is 47.8 Å². The van der Waals surface area contributed by atoms with E-state index in [0.29, 0.717) is 43.4 Å². The van der Waals surface area contributed by atoms with Crippen molar-refractivity contribution in [3.63, 3.8) is 0 Å².